The second kappa shape index (κ2) is 11.5. The van der Waals surface area contributed by atoms with E-state index in [-0.39, 0.29) is 36.4 Å². The Morgan fingerprint density at radius 1 is 1.23 bits per heavy atom. The number of anilines is 2. The van der Waals surface area contributed by atoms with Gasteiger partial charge in [0.05, 0.1) is 43.5 Å². The standard InChI is InChI=1S/C28H37N7O4/c1-6-30-26(36)31-19-9-7-18(8-10-19)24-32-23-21(11-12-29)35(27(37)38)15-20(28(3,4)5)22(23)25(33-24)34-13-14-39-16-17(34)2/h7-10,17,20-21H,6,11,13-16H2,1-5H3,(H,37,38)(H2,30,31,36)/t17-,20+,21?/m0/s1. The molecular formula is C28H37N7O4. The fourth-order valence-corrected chi connectivity index (χ4v) is 5.27. The molecule has 4 rings (SSSR count). The highest BCUT2D eigenvalue weighted by Gasteiger charge is 2.45. The van der Waals surface area contributed by atoms with E-state index in [0.717, 1.165) is 16.9 Å². The van der Waals surface area contributed by atoms with Crippen molar-refractivity contribution in [2.75, 3.05) is 43.1 Å². The number of morpholine rings is 1. The first-order chi connectivity index (χ1) is 18.5. The second-order valence-electron chi connectivity index (χ2n) is 11.1. The van der Waals surface area contributed by atoms with Gasteiger partial charge in [-0.05, 0) is 43.5 Å². The number of nitrogens with zero attached hydrogens (tertiary/aromatic N) is 5. The average Bonchev–Trinajstić information content (AvgIpc) is 2.88. The number of urea groups is 1. The van der Waals surface area contributed by atoms with Gasteiger partial charge in [-0.3, -0.25) is 4.90 Å². The zero-order valence-electron chi connectivity index (χ0n) is 23.2. The highest BCUT2D eigenvalue weighted by Crippen LogP contribution is 2.49. The molecule has 2 aliphatic heterocycles. The molecular weight excluding hydrogens is 498 g/mol. The maximum Gasteiger partial charge on any atom is 0.407 e. The van der Waals surface area contributed by atoms with E-state index < -0.39 is 12.1 Å². The van der Waals surface area contributed by atoms with Crippen LogP contribution >= 0.6 is 0 Å². The Balaban J connectivity index is 1.90. The van der Waals surface area contributed by atoms with Crippen molar-refractivity contribution in [1.29, 1.82) is 5.26 Å². The van der Waals surface area contributed by atoms with E-state index in [1.54, 1.807) is 12.1 Å². The Kier molecular flexibility index (Phi) is 8.25. The lowest BCUT2D eigenvalue weighted by Crippen LogP contribution is -2.48. The largest absolute Gasteiger partial charge is 0.465 e. The zero-order valence-corrected chi connectivity index (χ0v) is 23.2. The molecule has 208 valence electrons. The molecule has 3 amide bonds. The van der Waals surface area contributed by atoms with Crippen LogP contribution in [0.1, 0.15) is 64.3 Å². The fourth-order valence-electron chi connectivity index (χ4n) is 5.27. The number of benzene rings is 1. The minimum atomic E-state index is -1.07. The number of carboxylic acid groups (broad SMARTS) is 1. The number of carbonyl (C=O) groups excluding carboxylic acids is 1. The van der Waals surface area contributed by atoms with Gasteiger partial charge in [0.2, 0.25) is 0 Å². The van der Waals surface area contributed by atoms with Crippen molar-refractivity contribution in [2.24, 2.45) is 5.41 Å². The molecule has 11 nitrogen and oxygen atoms in total. The van der Waals surface area contributed by atoms with Gasteiger partial charge in [0, 0.05) is 42.4 Å². The molecule has 3 atom stereocenters. The molecule has 3 heterocycles. The average molecular weight is 536 g/mol. The van der Waals surface area contributed by atoms with Crippen molar-refractivity contribution in [2.45, 2.75) is 59.0 Å². The normalized spacial score (nSPS) is 21.1. The van der Waals surface area contributed by atoms with Crippen LogP contribution in [-0.4, -0.2) is 71.0 Å². The lowest BCUT2D eigenvalue weighted by Gasteiger charge is -2.46. The van der Waals surface area contributed by atoms with E-state index >= 15 is 0 Å². The van der Waals surface area contributed by atoms with Gasteiger partial charge in [0.15, 0.2) is 5.82 Å². The first-order valence-electron chi connectivity index (χ1n) is 13.3. The van der Waals surface area contributed by atoms with E-state index in [1.165, 1.54) is 4.90 Å². The number of nitriles is 1. The zero-order chi connectivity index (χ0) is 28.3. The minimum absolute atomic E-state index is 0.0138. The SMILES string of the molecule is CCNC(=O)Nc1ccc(-c2nc3c(c(N4CCOC[C@@H]4C)n2)[C@H](C(C)(C)C)CN(C(=O)O)C3CC#N)cc1. The van der Waals surface area contributed by atoms with Crippen molar-refractivity contribution in [3.05, 3.63) is 35.5 Å². The summed E-state index contributed by atoms with van der Waals surface area (Å²) >= 11 is 0. The lowest BCUT2D eigenvalue weighted by molar-refractivity contribution is 0.0938. The van der Waals surface area contributed by atoms with Crippen molar-refractivity contribution >= 4 is 23.6 Å². The number of nitrogens with one attached hydrogen (secondary N) is 2. The van der Waals surface area contributed by atoms with Crippen LogP contribution in [0.4, 0.5) is 21.1 Å². The molecule has 11 heteroatoms. The summed E-state index contributed by atoms with van der Waals surface area (Å²) in [6.07, 6.45) is -1.09. The molecule has 1 unspecified atom stereocenters. The number of fused-ring (bicyclic) bond motifs is 1. The van der Waals surface area contributed by atoms with Crippen LogP contribution in [0, 0.1) is 16.7 Å². The number of hydrogen-bond donors (Lipinski definition) is 3. The van der Waals surface area contributed by atoms with E-state index in [2.05, 4.69) is 49.3 Å². The van der Waals surface area contributed by atoms with E-state index in [0.29, 0.717) is 43.5 Å². The summed E-state index contributed by atoms with van der Waals surface area (Å²) in [5, 5.41) is 25.3. The molecule has 1 fully saturated rings. The first kappa shape index (κ1) is 28.1. The van der Waals surface area contributed by atoms with Gasteiger partial charge in [0.1, 0.15) is 5.82 Å². The third-order valence-electron chi connectivity index (χ3n) is 7.33. The van der Waals surface area contributed by atoms with Gasteiger partial charge in [-0.15, -0.1) is 0 Å². The van der Waals surface area contributed by atoms with Gasteiger partial charge in [-0.25, -0.2) is 19.6 Å². The Morgan fingerprint density at radius 2 is 1.95 bits per heavy atom. The van der Waals surface area contributed by atoms with Gasteiger partial charge < -0.3 is 25.4 Å². The summed E-state index contributed by atoms with van der Waals surface area (Å²) in [6, 6.07) is 8.44. The summed E-state index contributed by atoms with van der Waals surface area (Å²) in [5.74, 6) is 1.03. The van der Waals surface area contributed by atoms with E-state index in [1.807, 2.05) is 19.1 Å². The third kappa shape index (κ3) is 5.91. The predicted octanol–water partition coefficient (Wildman–Crippen LogP) is 4.59. The number of carbonyl (C=O) groups is 2. The van der Waals surface area contributed by atoms with Crippen molar-refractivity contribution < 1.29 is 19.4 Å². The molecule has 0 saturated carbocycles. The third-order valence-corrected chi connectivity index (χ3v) is 7.33. The number of aromatic nitrogens is 2. The van der Waals surface area contributed by atoms with Crippen LogP contribution in [-0.2, 0) is 4.74 Å². The van der Waals surface area contributed by atoms with Crippen LogP contribution in [0.3, 0.4) is 0 Å². The van der Waals surface area contributed by atoms with E-state index in [4.69, 9.17) is 14.7 Å². The van der Waals surface area contributed by atoms with Crippen molar-refractivity contribution in [3.8, 4) is 17.5 Å². The minimum Gasteiger partial charge on any atom is -0.465 e. The number of rotatable bonds is 5. The highest BCUT2D eigenvalue weighted by molar-refractivity contribution is 5.89. The lowest BCUT2D eigenvalue weighted by atomic mass is 9.72. The maximum atomic E-state index is 12.4. The smallest absolute Gasteiger partial charge is 0.407 e. The predicted molar refractivity (Wildman–Crippen MR) is 148 cm³/mol. The Labute approximate surface area is 229 Å². The summed E-state index contributed by atoms with van der Waals surface area (Å²) in [4.78, 5) is 37.9. The number of amides is 3. The summed E-state index contributed by atoms with van der Waals surface area (Å²) in [6.45, 7) is 12.7. The van der Waals surface area contributed by atoms with Crippen LogP contribution < -0.4 is 15.5 Å². The molecule has 1 aromatic heterocycles. The van der Waals surface area contributed by atoms with Crippen molar-refractivity contribution in [1.82, 2.24) is 20.2 Å². The molecule has 3 N–H and O–H groups in total. The molecule has 0 bridgehead atoms. The van der Waals surface area contributed by atoms with E-state index in [9.17, 15) is 20.0 Å². The Morgan fingerprint density at radius 3 is 2.54 bits per heavy atom. The van der Waals surface area contributed by atoms with Gasteiger partial charge in [0.25, 0.3) is 0 Å². The fraction of sp³-hybridized carbons (Fsp3) is 0.536. The summed E-state index contributed by atoms with van der Waals surface area (Å²) in [5.41, 5.74) is 2.54. The topological polar surface area (TPSA) is 144 Å². The van der Waals surface area contributed by atoms with Crippen LogP contribution in [0.5, 0.6) is 0 Å². The summed E-state index contributed by atoms with van der Waals surface area (Å²) < 4.78 is 5.70. The second-order valence-corrected chi connectivity index (χ2v) is 11.1. The van der Waals surface area contributed by atoms with Gasteiger partial charge >= 0.3 is 12.1 Å². The molecule has 2 aliphatic rings. The monoisotopic (exact) mass is 535 g/mol. The number of ether oxygens (including phenoxy) is 1. The molecule has 1 aromatic carbocycles. The Hall–Kier alpha value is -3.91. The van der Waals surface area contributed by atoms with Gasteiger partial charge in [-0.1, -0.05) is 20.8 Å². The molecule has 0 aliphatic carbocycles. The Bertz CT molecular complexity index is 1250. The van der Waals surface area contributed by atoms with Crippen LogP contribution in [0.2, 0.25) is 0 Å². The molecule has 0 spiro atoms. The molecule has 39 heavy (non-hydrogen) atoms. The first-order valence-corrected chi connectivity index (χ1v) is 13.3. The molecule has 2 aromatic rings. The maximum absolute atomic E-state index is 12.4. The summed E-state index contributed by atoms with van der Waals surface area (Å²) in [7, 11) is 0. The molecule has 1 saturated heterocycles. The highest BCUT2D eigenvalue weighted by atomic mass is 16.5. The van der Waals surface area contributed by atoms with Gasteiger partial charge in [-0.2, -0.15) is 5.26 Å². The number of hydrogen-bond acceptors (Lipinski definition) is 7. The van der Waals surface area contributed by atoms with Crippen LogP contribution in [0.25, 0.3) is 11.4 Å². The quantitative estimate of drug-likeness (QED) is 0.504. The van der Waals surface area contributed by atoms with Crippen molar-refractivity contribution in [3.63, 3.8) is 0 Å². The molecule has 0 radical (unpaired) electrons. The van der Waals surface area contributed by atoms with Crippen LogP contribution in [0.15, 0.2) is 24.3 Å².